The Kier molecular flexibility index (Phi) is 5.68. The molecule has 1 aromatic heterocycles. The van der Waals surface area contributed by atoms with Gasteiger partial charge in [0, 0.05) is 24.7 Å². The molecular formula is C17H20FN3O3. The second kappa shape index (κ2) is 7.72. The standard InChI is InChI=1S/C17H20FN3O3/c1-4-11(2)14-9-15(24-20-14)17(23)21(10-16(22)19-3)13-7-5-6-12(18)8-13/h5-9,11H,4,10H2,1-3H3,(H,19,22)/t11-/m1/s1. The van der Waals surface area contributed by atoms with Gasteiger partial charge in [0.15, 0.2) is 0 Å². The first-order valence-electron chi connectivity index (χ1n) is 7.70. The number of rotatable bonds is 6. The molecule has 128 valence electrons. The zero-order valence-corrected chi connectivity index (χ0v) is 13.9. The highest BCUT2D eigenvalue weighted by molar-refractivity contribution is 6.07. The predicted molar refractivity (Wildman–Crippen MR) is 87.4 cm³/mol. The van der Waals surface area contributed by atoms with E-state index in [1.165, 1.54) is 25.2 Å². The summed E-state index contributed by atoms with van der Waals surface area (Å²) in [5.41, 5.74) is 0.935. The van der Waals surface area contributed by atoms with E-state index in [0.717, 1.165) is 11.3 Å². The van der Waals surface area contributed by atoms with Crippen molar-refractivity contribution in [2.45, 2.75) is 26.2 Å². The zero-order valence-electron chi connectivity index (χ0n) is 13.9. The number of amides is 2. The molecule has 0 radical (unpaired) electrons. The van der Waals surface area contributed by atoms with Crippen molar-refractivity contribution in [3.8, 4) is 0 Å². The van der Waals surface area contributed by atoms with Gasteiger partial charge in [-0.3, -0.25) is 14.5 Å². The second-order valence-corrected chi connectivity index (χ2v) is 5.47. The van der Waals surface area contributed by atoms with Gasteiger partial charge in [-0.2, -0.15) is 0 Å². The van der Waals surface area contributed by atoms with Gasteiger partial charge in [-0.1, -0.05) is 25.1 Å². The fraction of sp³-hybridized carbons (Fsp3) is 0.353. The fourth-order valence-corrected chi connectivity index (χ4v) is 2.11. The van der Waals surface area contributed by atoms with Crippen molar-refractivity contribution in [1.29, 1.82) is 0 Å². The van der Waals surface area contributed by atoms with Crippen molar-refractivity contribution < 1.29 is 18.5 Å². The van der Waals surface area contributed by atoms with Gasteiger partial charge in [-0.15, -0.1) is 0 Å². The van der Waals surface area contributed by atoms with Gasteiger partial charge >= 0.3 is 0 Å². The van der Waals surface area contributed by atoms with E-state index in [-0.39, 0.29) is 29.8 Å². The summed E-state index contributed by atoms with van der Waals surface area (Å²) in [5, 5.41) is 6.35. The molecule has 0 unspecified atom stereocenters. The Labute approximate surface area is 139 Å². The third kappa shape index (κ3) is 3.98. The Morgan fingerprint density at radius 2 is 2.12 bits per heavy atom. The lowest BCUT2D eigenvalue weighted by Gasteiger charge is -2.20. The lowest BCUT2D eigenvalue weighted by atomic mass is 10.1. The number of nitrogens with one attached hydrogen (secondary N) is 1. The maximum absolute atomic E-state index is 13.5. The molecule has 7 heteroatoms. The van der Waals surface area contributed by atoms with Crippen LogP contribution in [0.25, 0.3) is 0 Å². The van der Waals surface area contributed by atoms with E-state index < -0.39 is 11.7 Å². The highest BCUT2D eigenvalue weighted by Crippen LogP contribution is 2.22. The lowest BCUT2D eigenvalue weighted by Crippen LogP contribution is -2.39. The van der Waals surface area contributed by atoms with Crippen LogP contribution in [0.3, 0.4) is 0 Å². The number of carbonyl (C=O) groups is 2. The summed E-state index contributed by atoms with van der Waals surface area (Å²) in [7, 11) is 1.46. The van der Waals surface area contributed by atoms with Crippen LogP contribution < -0.4 is 10.2 Å². The molecule has 0 fully saturated rings. The molecule has 0 bridgehead atoms. The molecule has 0 spiro atoms. The number of anilines is 1. The van der Waals surface area contributed by atoms with Crippen molar-refractivity contribution in [3.63, 3.8) is 0 Å². The Balaban J connectivity index is 2.33. The molecule has 0 saturated heterocycles. The van der Waals surface area contributed by atoms with E-state index in [1.807, 2.05) is 13.8 Å². The minimum atomic E-state index is -0.550. The van der Waals surface area contributed by atoms with Gasteiger partial charge < -0.3 is 9.84 Å². The number of halogens is 1. The highest BCUT2D eigenvalue weighted by Gasteiger charge is 2.25. The van der Waals surface area contributed by atoms with Crippen LogP contribution in [0, 0.1) is 5.82 Å². The number of hydrogen-bond acceptors (Lipinski definition) is 4. The van der Waals surface area contributed by atoms with E-state index in [2.05, 4.69) is 10.5 Å². The summed E-state index contributed by atoms with van der Waals surface area (Å²) >= 11 is 0. The van der Waals surface area contributed by atoms with Crippen molar-refractivity contribution in [1.82, 2.24) is 10.5 Å². The maximum Gasteiger partial charge on any atom is 0.297 e. The molecular weight excluding hydrogens is 313 g/mol. The van der Waals surface area contributed by atoms with Crippen molar-refractivity contribution in [3.05, 3.63) is 47.6 Å². The largest absolute Gasteiger partial charge is 0.358 e. The van der Waals surface area contributed by atoms with Crippen LogP contribution in [-0.4, -0.2) is 30.6 Å². The van der Waals surface area contributed by atoms with Crippen LogP contribution in [0.15, 0.2) is 34.9 Å². The molecule has 0 aliphatic heterocycles. The summed E-state index contributed by atoms with van der Waals surface area (Å²) in [6, 6.07) is 7.04. The lowest BCUT2D eigenvalue weighted by molar-refractivity contribution is -0.119. The molecule has 1 atom stereocenters. The van der Waals surface area contributed by atoms with E-state index in [4.69, 9.17) is 4.52 Å². The number of aromatic nitrogens is 1. The Bertz CT molecular complexity index is 729. The molecule has 0 saturated carbocycles. The monoisotopic (exact) mass is 333 g/mol. The molecule has 1 aromatic carbocycles. The number of carbonyl (C=O) groups excluding carboxylic acids is 2. The van der Waals surface area contributed by atoms with Crippen LogP contribution in [0.2, 0.25) is 0 Å². The van der Waals surface area contributed by atoms with Crippen LogP contribution in [0.5, 0.6) is 0 Å². The molecule has 6 nitrogen and oxygen atoms in total. The van der Waals surface area contributed by atoms with Gasteiger partial charge in [0.2, 0.25) is 11.7 Å². The van der Waals surface area contributed by atoms with Gasteiger partial charge in [0.05, 0.1) is 5.69 Å². The first-order chi connectivity index (χ1) is 11.5. The Morgan fingerprint density at radius 3 is 2.75 bits per heavy atom. The zero-order chi connectivity index (χ0) is 17.7. The van der Waals surface area contributed by atoms with Crippen LogP contribution in [0.1, 0.15) is 42.4 Å². The number of benzene rings is 1. The summed E-state index contributed by atoms with van der Waals surface area (Å²) in [6.45, 7) is 3.73. The molecule has 2 rings (SSSR count). The Morgan fingerprint density at radius 1 is 1.38 bits per heavy atom. The van der Waals surface area contributed by atoms with Gasteiger partial charge in [-0.25, -0.2) is 4.39 Å². The summed E-state index contributed by atoms with van der Waals surface area (Å²) in [6.07, 6.45) is 0.853. The third-order valence-corrected chi connectivity index (χ3v) is 3.80. The van der Waals surface area contributed by atoms with Crippen LogP contribution in [-0.2, 0) is 4.79 Å². The molecule has 0 aliphatic carbocycles. The highest BCUT2D eigenvalue weighted by atomic mass is 19.1. The minimum Gasteiger partial charge on any atom is -0.358 e. The molecule has 0 aliphatic rings. The summed E-state index contributed by atoms with van der Waals surface area (Å²) in [4.78, 5) is 25.6. The summed E-state index contributed by atoms with van der Waals surface area (Å²) in [5.74, 6) is -1.27. The van der Waals surface area contributed by atoms with Crippen molar-refractivity contribution in [2.24, 2.45) is 0 Å². The average Bonchev–Trinajstić information content (AvgIpc) is 3.08. The predicted octanol–water partition coefficient (Wildman–Crippen LogP) is 2.72. The smallest absolute Gasteiger partial charge is 0.297 e. The van der Waals surface area contributed by atoms with E-state index in [0.29, 0.717) is 5.69 Å². The first kappa shape index (κ1) is 17.7. The number of likely N-dealkylation sites (N-methyl/N-ethyl adjacent to an activating group) is 1. The minimum absolute atomic E-state index is 0.0125. The molecule has 24 heavy (non-hydrogen) atoms. The van der Waals surface area contributed by atoms with Gasteiger partial charge in [-0.05, 0) is 24.6 Å². The normalized spacial score (nSPS) is 11.8. The molecule has 2 amide bonds. The quantitative estimate of drug-likeness (QED) is 0.882. The molecule has 1 N–H and O–H groups in total. The SMILES string of the molecule is CC[C@@H](C)c1cc(C(=O)N(CC(=O)NC)c2cccc(F)c2)on1. The van der Waals surface area contributed by atoms with Crippen LogP contribution in [0.4, 0.5) is 10.1 Å². The maximum atomic E-state index is 13.5. The van der Waals surface area contributed by atoms with E-state index >= 15 is 0 Å². The van der Waals surface area contributed by atoms with E-state index in [9.17, 15) is 14.0 Å². The fourth-order valence-electron chi connectivity index (χ4n) is 2.11. The summed E-state index contributed by atoms with van der Waals surface area (Å²) < 4.78 is 18.6. The van der Waals surface area contributed by atoms with E-state index in [1.54, 1.807) is 12.1 Å². The number of nitrogens with zero attached hydrogens (tertiary/aromatic N) is 2. The number of hydrogen-bond donors (Lipinski definition) is 1. The van der Waals surface area contributed by atoms with Gasteiger partial charge in [0.1, 0.15) is 12.4 Å². The Hall–Kier alpha value is -2.70. The van der Waals surface area contributed by atoms with Crippen molar-refractivity contribution in [2.75, 3.05) is 18.5 Å². The first-order valence-corrected chi connectivity index (χ1v) is 7.70. The topological polar surface area (TPSA) is 75.4 Å². The van der Waals surface area contributed by atoms with Gasteiger partial charge in [0.25, 0.3) is 5.91 Å². The molecule has 2 aromatic rings. The molecule has 1 heterocycles. The van der Waals surface area contributed by atoms with Crippen molar-refractivity contribution >= 4 is 17.5 Å². The van der Waals surface area contributed by atoms with Crippen LogP contribution >= 0.6 is 0 Å². The third-order valence-electron chi connectivity index (χ3n) is 3.80. The average molecular weight is 333 g/mol. The second-order valence-electron chi connectivity index (χ2n) is 5.47.